The maximum atomic E-state index is 12.2. The van der Waals surface area contributed by atoms with E-state index in [1.807, 2.05) is 18.2 Å². The van der Waals surface area contributed by atoms with Crippen molar-refractivity contribution in [1.82, 2.24) is 15.3 Å². The number of hydrogen-bond acceptors (Lipinski definition) is 4. The first-order valence-electron chi connectivity index (χ1n) is 7.87. The zero-order valence-corrected chi connectivity index (χ0v) is 13.5. The number of benzene rings is 1. The smallest absolute Gasteiger partial charge is 0.271 e. The van der Waals surface area contributed by atoms with Gasteiger partial charge < -0.3 is 10.6 Å². The Morgan fingerprint density at radius 2 is 1.87 bits per heavy atom. The summed E-state index contributed by atoms with van der Waals surface area (Å²) in [6.45, 7) is 0. The molecule has 1 heterocycles. The molecule has 0 atom stereocenters. The number of aromatic nitrogens is 2. The summed E-state index contributed by atoms with van der Waals surface area (Å²) in [6, 6.07) is 7.65. The minimum Gasteiger partial charge on any atom is -0.348 e. The first-order valence-corrected chi connectivity index (χ1v) is 8.24. The Balaban J connectivity index is 1.62. The zero-order valence-electron chi connectivity index (χ0n) is 12.8. The summed E-state index contributed by atoms with van der Waals surface area (Å²) in [6.07, 6.45) is 8.73. The highest BCUT2D eigenvalue weighted by Crippen LogP contribution is 2.23. The summed E-state index contributed by atoms with van der Waals surface area (Å²) < 4.78 is 0. The summed E-state index contributed by atoms with van der Waals surface area (Å²) in [5, 5.41) is 6.72. The number of anilines is 2. The van der Waals surface area contributed by atoms with Gasteiger partial charge in [-0.3, -0.25) is 4.79 Å². The normalized spacial score (nSPS) is 15.2. The van der Waals surface area contributed by atoms with Crippen LogP contribution in [0, 0.1) is 0 Å². The first-order chi connectivity index (χ1) is 11.2. The van der Waals surface area contributed by atoms with Crippen molar-refractivity contribution in [1.29, 1.82) is 0 Å². The van der Waals surface area contributed by atoms with Crippen LogP contribution in [0.25, 0.3) is 0 Å². The van der Waals surface area contributed by atoms with Gasteiger partial charge in [0.05, 0.1) is 23.1 Å². The van der Waals surface area contributed by atoms with E-state index in [4.69, 9.17) is 11.6 Å². The molecule has 2 N–H and O–H groups in total. The molecule has 0 radical (unpaired) electrons. The predicted molar refractivity (Wildman–Crippen MR) is 91.1 cm³/mol. The third-order valence-corrected chi connectivity index (χ3v) is 4.29. The molecule has 1 aromatic heterocycles. The molecule has 0 bridgehead atoms. The summed E-state index contributed by atoms with van der Waals surface area (Å²) in [5.41, 5.74) is 1.09. The fraction of sp³-hybridized carbons (Fsp3) is 0.353. The van der Waals surface area contributed by atoms with Gasteiger partial charge in [-0.05, 0) is 25.0 Å². The molecule has 0 aliphatic heterocycles. The molecule has 0 unspecified atom stereocenters. The van der Waals surface area contributed by atoms with Gasteiger partial charge in [0.25, 0.3) is 5.91 Å². The van der Waals surface area contributed by atoms with Gasteiger partial charge in [-0.1, -0.05) is 43.0 Å². The van der Waals surface area contributed by atoms with Crippen LogP contribution in [0.3, 0.4) is 0 Å². The first kappa shape index (κ1) is 15.7. The van der Waals surface area contributed by atoms with Gasteiger partial charge in [0.15, 0.2) is 0 Å². The van der Waals surface area contributed by atoms with Crippen LogP contribution in [-0.4, -0.2) is 21.9 Å². The molecule has 23 heavy (non-hydrogen) atoms. The topological polar surface area (TPSA) is 66.9 Å². The van der Waals surface area contributed by atoms with Crippen molar-refractivity contribution < 1.29 is 4.79 Å². The van der Waals surface area contributed by atoms with E-state index < -0.39 is 0 Å². The molecule has 1 aromatic carbocycles. The molecular weight excluding hydrogens is 312 g/mol. The molecule has 1 amide bonds. The molecule has 0 saturated heterocycles. The van der Waals surface area contributed by atoms with Crippen LogP contribution in [0.15, 0.2) is 36.7 Å². The van der Waals surface area contributed by atoms with Crippen molar-refractivity contribution in [2.24, 2.45) is 0 Å². The van der Waals surface area contributed by atoms with Crippen LogP contribution in [-0.2, 0) is 0 Å². The SMILES string of the molecule is O=C(NC1CCCCC1)c1cnc(Nc2ccccc2Cl)cn1. The molecule has 5 nitrogen and oxygen atoms in total. The number of nitrogens with zero attached hydrogens (tertiary/aromatic N) is 2. The Hall–Kier alpha value is -2.14. The van der Waals surface area contributed by atoms with Crippen LogP contribution in [0.1, 0.15) is 42.6 Å². The highest BCUT2D eigenvalue weighted by molar-refractivity contribution is 6.33. The van der Waals surface area contributed by atoms with Crippen molar-refractivity contribution in [3.05, 3.63) is 47.4 Å². The number of halogens is 1. The van der Waals surface area contributed by atoms with Crippen molar-refractivity contribution in [3.63, 3.8) is 0 Å². The van der Waals surface area contributed by atoms with Crippen LogP contribution in [0.4, 0.5) is 11.5 Å². The van der Waals surface area contributed by atoms with E-state index in [-0.39, 0.29) is 11.9 Å². The zero-order chi connectivity index (χ0) is 16.1. The number of amides is 1. The summed E-state index contributed by atoms with van der Waals surface area (Å²) in [7, 11) is 0. The molecule has 1 aliphatic carbocycles. The number of hydrogen-bond donors (Lipinski definition) is 2. The Bertz CT molecular complexity index is 669. The highest BCUT2D eigenvalue weighted by atomic mass is 35.5. The fourth-order valence-electron chi connectivity index (χ4n) is 2.72. The largest absolute Gasteiger partial charge is 0.348 e. The molecule has 2 aromatic rings. The van der Waals surface area contributed by atoms with Crippen molar-refractivity contribution in [3.8, 4) is 0 Å². The second kappa shape index (κ2) is 7.42. The molecule has 6 heteroatoms. The van der Waals surface area contributed by atoms with Gasteiger partial charge in [-0.25, -0.2) is 9.97 Å². The van der Waals surface area contributed by atoms with Gasteiger partial charge in [0, 0.05) is 6.04 Å². The second-order valence-electron chi connectivity index (χ2n) is 5.70. The summed E-state index contributed by atoms with van der Waals surface area (Å²) in [4.78, 5) is 20.6. The maximum absolute atomic E-state index is 12.2. The van der Waals surface area contributed by atoms with E-state index in [9.17, 15) is 4.79 Å². The minimum absolute atomic E-state index is 0.159. The van der Waals surface area contributed by atoms with Gasteiger partial charge in [-0.15, -0.1) is 0 Å². The van der Waals surface area contributed by atoms with Gasteiger partial charge >= 0.3 is 0 Å². The van der Waals surface area contributed by atoms with Crippen molar-refractivity contribution in [2.45, 2.75) is 38.1 Å². The quantitative estimate of drug-likeness (QED) is 0.891. The molecule has 1 saturated carbocycles. The van der Waals surface area contributed by atoms with E-state index in [0.29, 0.717) is 16.5 Å². The highest BCUT2D eigenvalue weighted by Gasteiger charge is 2.17. The molecule has 1 fully saturated rings. The van der Waals surface area contributed by atoms with E-state index in [1.165, 1.54) is 25.5 Å². The number of carbonyl (C=O) groups is 1. The summed E-state index contributed by atoms with van der Waals surface area (Å²) >= 11 is 6.09. The Morgan fingerprint density at radius 3 is 2.57 bits per heavy atom. The number of nitrogens with one attached hydrogen (secondary N) is 2. The number of rotatable bonds is 4. The molecule has 120 valence electrons. The van der Waals surface area contributed by atoms with Crippen LogP contribution in [0.2, 0.25) is 5.02 Å². The van der Waals surface area contributed by atoms with Crippen molar-refractivity contribution >= 4 is 29.0 Å². The summed E-state index contributed by atoms with van der Waals surface area (Å²) in [5.74, 6) is 0.390. The fourth-order valence-corrected chi connectivity index (χ4v) is 2.90. The number of para-hydroxylation sites is 1. The van der Waals surface area contributed by atoms with Gasteiger partial charge in [0.1, 0.15) is 11.5 Å². The molecular formula is C17H19ClN4O. The van der Waals surface area contributed by atoms with Gasteiger partial charge in [0.2, 0.25) is 0 Å². The monoisotopic (exact) mass is 330 g/mol. The third kappa shape index (κ3) is 4.20. The van der Waals surface area contributed by atoms with Crippen LogP contribution >= 0.6 is 11.6 Å². The Kier molecular flexibility index (Phi) is 5.08. The molecule has 0 spiro atoms. The lowest BCUT2D eigenvalue weighted by atomic mass is 9.95. The lowest BCUT2D eigenvalue weighted by molar-refractivity contribution is 0.0922. The van der Waals surface area contributed by atoms with Gasteiger partial charge in [-0.2, -0.15) is 0 Å². The molecule has 3 rings (SSSR count). The van der Waals surface area contributed by atoms with Crippen LogP contribution in [0.5, 0.6) is 0 Å². The lowest BCUT2D eigenvalue weighted by Gasteiger charge is -2.22. The van der Waals surface area contributed by atoms with E-state index in [2.05, 4.69) is 20.6 Å². The minimum atomic E-state index is -0.159. The third-order valence-electron chi connectivity index (χ3n) is 3.96. The lowest BCUT2D eigenvalue weighted by Crippen LogP contribution is -2.36. The van der Waals surface area contributed by atoms with Crippen LogP contribution < -0.4 is 10.6 Å². The second-order valence-corrected chi connectivity index (χ2v) is 6.11. The predicted octanol–water partition coefficient (Wildman–Crippen LogP) is 3.94. The van der Waals surface area contributed by atoms with Crippen molar-refractivity contribution in [2.75, 3.05) is 5.32 Å². The number of carbonyl (C=O) groups excluding carboxylic acids is 1. The maximum Gasteiger partial charge on any atom is 0.271 e. The standard InChI is InChI=1S/C17H19ClN4O/c18-13-8-4-5-9-14(13)22-16-11-19-15(10-20-16)17(23)21-12-6-2-1-3-7-12/h4-5,8-12H,1-3,6-7H2,(H,20,22)(H,21,23). The Labute approximate surface area is 140 Å². The Morgan fingerprint density at radius 1 is 1.09 bits per heavy atom. The average molecular weight is 331 g/mol. The van der Waals surface area contributed by atoms with E-state index >= 15 is 0 Å². The van der Waals surface area contributed by atoms with E-state index in [1.54, 1.807) is 12.3 Å². The molecule has 1 aliphatic rings. The average Bonchev–Trinajstić information content (AvgIpc) is 2.58. The van der Waals surface area contributed by atoms with E-state index in [0.717, 1.165) is 18.5 Å².